The third kappa shape index (κ3) is 3.98. The maximum atomic E-state index is 13.1. The number of likely N-dealkylation sites (tertiary alicyclic amines) is 1. The Kier molecular flexibility index (Phi) is 5.51. The van der Waals surface area contributed by atoms with E-state index < -0.39 is 17.6 Å². The molecule has 0 aromatic heterocycles. The van der Waals surface area contributed by atoms with E-state index in [4.69, 9.17) is 4.74 Å². The normalized spacial score (nSPS) is 24.9. The lowest BCUT2D eigenvalue weighted by atomic mass is 9.79. The zero-order valence-electron chi connectivity index (χ0n) is 16.1. The first-order valence-corrected chi connectivity index (χ1v) is 9.28. The van der Waals surface area contributed by atoms with E-state index in [1.54, 1.807) is 23.9 Å². The van der Waals surface area contributed by atoms with E-state index in [9.17, 15) is 14.4 Å². The number of rotatable bonds is 3. The molecule has 7 nitrogen and oxygen atoms in total. The minimum Gasteiger partial charge on any atom is -0.356 e. The molecular weight excluding hydrogens is 346 g/mol. The highest BCUT2D eigenvalue weighted by molar-refractivity contribution is 5.87. The molecule has 3 rings (SSSR count). The van der Waals surface area contributed by atoms with Gasteiger partial charge in [-0.25, -0.2) is 0 Å². The zero-order valence-corrected chi connectivity index (χ0v) is 16.1. The lowest BCUT2D eigenvalue weighted by Gasteiger charge is -2.42. The maximum Gasteiger partial charge on any atom is 0.254 e. The third-order valence-electron chi connectivity index (χ3n) is 5.52. The largest absolute Gasteiger partial charge is 0.356 e. The topological polar surface area (TPSA) is 79.0 Å². The number of carbonyl (C=O) groups excluding carboxylic acids is 3. The fourth-order valence-corrected chi connectivity index (χ4v) is 3.84. The summed E-state index contributed by atoms with van der Waals surface area (Å²) >= 11 is 0. The van der Waals surface area contributed by atoms with Gasteiger partial charge >= 0.3 is 0 Å². The molecule has 0 saturated carbocycles. The van der Waals surface area contributed by atoms with Crippen LogP contribution in [-0.2, 0) is 19.1 Å². The predicted molar refractivity (Wildman–Crippen MR) is 99.7 cm³/mol. The molecule has 2 atom stereocenters. The van der Waals surface area contributed by atoms with Crippen LogP contribution in [0.2, 0.25) is 0 Å². The summed E-state index contributed by atoms with van der Waals surface area (Å²) in [5.41, 5.74) is 0.398. The van der Waals surface area contributed by atoms with Crippen LogP contribution < -0.4 is 5.32 Å². The number of piperidine rings is 1. The van der Waals surface area contributed by atoms with Crippen LogP contribution in [0.5, 0.6) is 0 Å². The van der Waals surface area contributed by atoms with E-state index in [1.165, 1.54) is 0 Å². The molecule has 2 aliphatic heterocycles. The van der Waals surface area contributed by atoms with Crippen molar-refractivity contribution in [2.75, 3.05) is 33.8 Å². The highest BCUT2D eigenvalue weighted by Crippen LogP contribution is 2.34. The van der Waals surface area contributed by atoms with E-state index in [0.29, 0.717) is 25.9 Å². The van der Waals surface area contributed by atoms with Gasteiger partial charge in [-0.1, -0.05) is 37.3 Å². The summed E-state index contributed by atoms with van der Waals surface area (Å²) in [4.78, 5) is 40.7. The van der Waals surface area contributed by atoms with Crippen molar-refractivity contribution in [1.29, 1.82) is 0 Å². The number of carbonyl (C=O) groups is 3. The van der Waals surface area contributed by atoms with Crippen molar-refractivity contribution in [3.05, 3.63) is 35.9 Å². The number of benzene rings is 1. The molecule has 2 fully saturated rings. The van der Waals surface area contributed by atoms with Gasteiger partial charge in [0.15, 0.2) is 6.10 Å². The van der Waals surface area contributed by atoms with Gasteiger partial charge in [0, 0.05) is 32.6 Å². The quantitative estimate of drug-likeness (QED) is 0.856. The van der Waals surface area contributed by atoms with Crippen LogP contribution in [-0.4, -0.2) is 67.4 Å². The summed E-state index contributed by atoms with van der Waals surface area (Å²) < 4.78 is 5.63. The van der Waals surface area contributed by atoms with E-state index >= 15 is 0 Å². The Morgan fingerprint density at radius 3 is 2.41 bits per heavy atom. The molecule has 2 unspecified atom stereocenters. The molecule has 2 aliphatic rings. The third-order valence-corrected chi connectivity index (χ3v) is 5.52. The molecular formula is C20H27N3O4. The smallest absolute Gasteiger partial charge is 0.254 e. The summed E-state index contributed by atoms with van der Waals surface area (Å²) in [6.45, 7) is 2.85. The van der Waals surface area contributed by atoms with Crippen molar-refractivity contribution < 1.29 is 19.1 Å². The van der Waals surface area contributed by atoms with E-state index in [-0.39, 0.29) is 24.3 Å². The molecule has 3 amide bonds. The zero-order chi connectivity index (χ0) is 19.6. The maximum absolute atomic E-state index is 13.1. The molecule has 2 saturated heterocycles. The fraction of sp³-hybridized carbons (Fsp3) is 0.550. The number of ether oxygens (including phenoxy) is 1. The van der Waals surface area contributed by atoms with Crippen LogP contribution >= 0.6 is 0 Å². The van der Waals surface area contributed by atoms with Crippen molar-refractivity contribution in [3.8, 4) is 0 Å². The summed E-state index contributed by atoms with van der Waals surface area (Å²) in [5.74, 6) is -0.267. The number of hydrogen-bond donors (Lipinski definition) is 1. The van der Waals surface area contributed by atoms with Crippen molar-refractivity contribution in [2.24, 2.45) is 5.41 Å². The first kappa shape index (κ1) is 19.4. The minimum atomic E-state index is -0.751. The second-order valence-corrected chi connectivity index (χ2v) is 7.77. The molecule has 0 aliphatic carbocycles. The van der Waals surface area contributed by atoms with E-state index in [0.717, 1.165) is 5.56 Å². The Hall–Kier alpha value is -2.41. The van der Waals surface area contributed by atoms with Gasteiger partial charge in [0.25, 0.3) is 5.91 Å². The molecule has 0 spiro atoms. The van der Waals surface area contributed by atoms with Crippen molar-refractivity contribution in [3.63, 3.8) is 0 Å². The van der Waals surface area contributed by atoms with Gasteiger partial charge in [-0.2, -0.15) is 0 Å². The second-order valence-electron chi connectivity index (χ2n) is 7.77. The summed E-state index contributed by atoms with van der Waals surface area (Å²) in [6, 6.07) is 8.88. The molecule has 2 heterocycles. The number of amides is 3. The molecule has 0 bridgehead atoms. The molecule has 27 heavy (non-hydrogen) atoms. The number of hydrogen-bond acceptors (Lipinski definition) is 4. The first-order chi connectivity index (χ1) is 12.8. The molecule has 7 heteroatoms. The van der Waals surface area contributed by atoms with Crippen molar-refractivity contribution >= 4 is 17.7 Å². The molecule has 0 radical (unpaired) electrons. The van der Waals surface area contributed by atoms with Gasteiger partial charge in [0.05, 0.1) is 6.04 Å². The van der Waals surface area contributed by atoms with Crippen LogP contribution in [0.3, 0.4) is 0 Å². The fourth-order valence-electron chi connectivity index (χ4n) is 3.84. The van der Waals surface area contributed by atoms with Gasteiger partial charge in [-0.05, 0) is 18.4 Å². The van der Waals surface area contributed by atoms with Crippen LogP contribution in [0.4, 0.5) is 0 Å². The number of nitrogens with one attached hydrogen (secondary N) is 1. The molecule has 1 N–H and O–H groups in total. The van der Waals surface area contributed by atoms with Gasteiger partial charge in [-0.3, -0.25) is 14.4 Å². The van der Waals surface area contributed by atoms with Crippen LogP contribution in [0, 0.1) is 5.41 Å². The minimum absolute atomic E-state index is 0.0953. The summed E-state index contributed by atoms with van der Waals surface area (Å²) in [7, 11) is 3.52. The Morgan fingerprint density at radius 1 is 1.19 bits per heavy atom. The van der Waals surface area contributed by atoms with Crippen LogP contribution in [0.25, 0.3) is 0 Å². The Morgan fingerprint density at radius 2 is 1.81 bits per heavy atom. The van der Waals surface area contributed by atoms with Gasteiger partial charge < -0.3 is 19.9 Å². The molecule has 1 aromatic carbocycles. The summed E-state index contributed by atoms with van der Waals surface area (Å²) in [6.07, 6.45) is 0.481. The van der Waals surface area contributed by atoms with Crippen LogP contribution in [0.1, 0.15) is 31.4 Å². The van der Waals surface area contributed by atoms with Gasteiger partial charge in [0.1, 0.15) is 6.61 Å². The number of morpholine rings is 1. The highest BCUT2D eigenvalue weighted by Gasteiger charge is 2.43. The standard InChI is InChI=1S/C20H27N3O4/c1-20(19(26)22(2)3)9-11-23(12-10-20)18(25)17-16(21-15(24)13-27-17)14-7-5-4-6-8-14/h4-8,16-17H,9-13H2,1-3H3,(H,21,24). The van der Waals surface area contributed by atoms with Gasteiger partial charge in [-0.15, -0.1) is 0 Å². The Balaban J connectivity index is 1.71. The van der Waals surface area contributed by atoms with E-state index in [1.807, 2.05) is 37.3 Å². The van der Waals surface area contributed by atoms with Crippen LogP contribution in [0.15, 0.2) is 30.3 Å². The van der Waals surface area contributed by atoms with Crippen molar-refractivity contribution in [2.45, 2.75) is 31.9 Å². The molecule has 1 aromatic rings. The number of nitrogens with zero attached hydrogens (tertiary/aromatic N) is 2. The second kappa shape index (κ2) is 7.68. The SMILES string of the molecule is CN(C)C(=O)C1(C)CCN(C(=O)C2OCC(=O)NC2c2ccccc2)CC1. The average Bonchev–Trinajstić information content (AvgIpc) is 2.68. The lowest BCUT2D eigenvalue weighted by molar-refractivity contribution is -0.159. The van der Waals surface area contributed by atoms with Crippen molar-refractivity contribution in [1.82, 2.24) is 15.1 Å². The van der Waals surface area contributed by atoms with E-state index in [2.05, 4.69) is 5.32 Å². The Bertz CT molecular complexity index is 711. The Labute approximate surface area is 159 Å². The monoisotopic (exact) mass is 373 g/mol. The lowest BCUT2D eigenvalue weighted by Crippen LogP contribution is -2.56. The highest BCUT2D eigenvalue weighted by atomic mass is 16.5. The summed E-state index contributed by atoms with van der Waals surface area (Å²) in [5, 5.41) is 2.88. The van der Waals surface area contributed by atoms with Gasteiger partial charge in [0.2, 0.25) is 11.8 Å². The first-order valence-electron chi connectivity index (χ1n) is 9.28. The average molecular weight is 373 g/mol. The molecule has 146 valence electrons. The predicted octanol–water partition coefficient (Wildman–Crippen LogP) is 0.960.